The van der Waals surface area contributed by atoms with E-state index in [-0.39, 0.29) is 12.0 Å². The number of allylic oxidation sites excluding steroid dienone is 9. The summed E-state index contributed by atoms with van der Waals surface area (Å²) in [6.45, 7) is 12.9. The van der Waals surface area contributed by atoms with Gasteiger partial charge in [0.05, 0.1) is 17.7 Å². The predicted octanol–water partition coefficient (Wildman–Crippen LogP) is 9.05. The zero-order valence-corrected chi connectivity index (χ0v) is 23.1. The van der Waals surface area contributed by atoms with E-state index >= 15 is 0 Å². The highest BCUT2D eigenvalue weighted by Crippen LogP contribution is 2.41. The topological polar surface area (TPSA) is 48.5 Å². The fraction of sp³-hybridized carbons (Fsp3) is 0.303. The van der Waals surface area contributed by atoms with Crippen molar-refractivity contribution in [2.75, 3.05) is 0 Å². The second-order valence-corrected chi connectivity index (χ2v) is 9.61. The minimum Gasteiger partial charge on any atom is -0.281 e. The Hall–Kier alpha value is -3.98. The monoisotopic (exact) mass is 529 g/mol. The molecule has 1 heterocycles. The molecule has 0 spiro atoms. The van der Waals surface area contributed by atoms with Crippen molar-refractivity contribution in [1.82, 2.24) is 0 Å². The number of nitriles is 1. The highest BCUT2D eigenvalue weighted by atomic mass is 19.4. The molecular weight excluding hydrogens is 495 g/mol. The fourth-order valence-electron chi connectivity index (χ4n) is 4.95. The third-order valence-electron chi connectivity index (χ3n) is 7.06. The van der Waals surface area contributed by atoms with Gasteiger partial charge in [-0.05, 0) is 86.1 Å². The standard InChI is InChI=1S/C33H34F3N3/c1-7-25(13-10-22(5)33(34,35)36)31(21(4)20-38-9-3)27-16-17-30-28(18-27)23(6)32(29(8-2)39-30)26-14-11-24(19-37)12-15-26/h7,9-16,18,20,30-31H,1,8,17H2,2-6H3/b21-20+,22-10+,25-13+,38-9-. The first-order valence-electron chi connectivity index (χ1n) is 13.0. The van der Waals surface area contributed by atoms with Crippen molar-refractivity contribution in [3.63, 3.8) is 0 Å². The lowest BCUT2D eigenvalue weighted by Gasteiger charge is -2.32. The molecule has 0 fully saturated rings. The van der Waals surface area contributed by atoms with Gasteiger partial charge in [0.2, 0.25) is 0 Å². The summed E-state index contributed by atoms with van der Waals surface area (Å²) in [5.41, 5.74) is 7.74. The molecule has 0 saturated heterocycles. The van der Waals surface area contributed by atoms with Crippen LogP contribution in [0.4, 0.5) is 13.2 Å². The van der Waals surface area contributed by atoms with Crippen molar-refractivity contribution in [2.24, 2.45) is 15.9 Å². The Kier molecular flexibility index (Phi) is 9.64. The highest BCUT2D eigenvalue weighted by Gasteiger charge is 2.31. The number of dihydropyridines is 1. The van der Waals surface area contributed by atoms with Gasteiger partial charge in [-0.25, -0.2) is 0 Å². The summed E-state index contributed by atoms with van der Waals surface area (Å²) >= 11 is 0. The summed E-state index contributed by atoms with van der Waals surface area (Å²) in [6, 6.07) is 9.67. The third-order valence-corrected chi connectivity index (χ3v) is 7.06. The molecule has 3 nitrogen and oxygen atoms in total. The smallest absolute Gasteiger partial charge is 0.281 e. The summed E-state index contributed by atoms with van der Waals surface area (Å²) in [5.74, 6) is -0.320. The van der Waals surface area contributed by atoms with E-state index in [0.717, 1.165) is 58.6 Å². The summed E-state index contributed by atoms with van der Waals surface area (Å²) in [5, 5.41) is 9.21. The van der Waals surface area contributed by atoms with Crippen LogP contribution in [-0.2, 0) is 0 Å². The van der Waals surface area contributed by atoms with Crippen LogP contribution in [0.3, 0.4) is 0 Å². The first-order valence-corrected chi connectivity index (χ1v) is 13.0. The van der Waals surface area contributed by atoms with Crippen molar-refractivity contribution < 1.29 is 13.2 Å². The van der Waals surface area contributed by atoms with Crippen molar-refractivity contribution in [2.45, 2.75) is 59.7 Å². The molecule has 1 aliphatic heterocycles. The predicted molar refractivity (Wildman–Crippen MR) is 156 cm³/mol. The van der Waals surface area contributed by atoms with Crippen molar-refractivity contribution in [3.8, 4) is 6.07 Å². The summed E-state index contributed by atoms with van der Waals surface area (Å²) < 4.78 is 39.6. The highest BCUT2D eigenvalue weighted by molar-refractivity contribution is 6.26. The van der Waals surface area contributed by atoms with E-state index in [1.165, 1.54) is 6.08 Å². The molecule has 3 rings (SSSR count). The van der Waals surface area contributed by atoms with E-state index in [1.807, 2.05) is 38.1 Å². The Morgan fingerprint density at radius 3 is 2.49 bits per heavy atom. The van der Waals surface area contributed by atoms with Gasteiger partial charge in [-0.15, -0.1) is 0 Å². The van der Waals surface area contributed by atoms with Crippen molar-refractivity contribution >= 4 is 17.5 Å². The number of rotatable bonds is 8. The number of benzene rings is 1. The molecule has 1 aromatic carbocycles. The number of alkyl halides is 3. The van der Waals surface area contributed by atoms with E-state index in [1.54, 1.807) is 18.5 Å². The van der Waals surface area contributed by atoms with E-state index in [2.05, 4.69) is 43.6 Å². The third kappa shape index (κ3) is 6.72. The van der Waals surface area contributed by atoms with E-state index in [0.29, 0.717) is 17.6 Å². The lowest BCUT2D eigenvalue weighted by Crippen LogP contribution is -2.24. The maximum absolute atomic E-state index is 13.2. The molecule has 1 aliphatic carbocycles. The molecule has 202 valence electrons. The number of nitrogens with zero attached hydrogens (tertiary/aromatic N) is 3. The van der Waals surface area contributed by atoms with Crippen molar-refractivity contribution in [3.05, 3.63) is 112 Å². The van der Waals surface area contributed by atoms with Gasteiger partial charge in [-0.3, -0.25) is 9.98 Å². The molecule has 0 radical (unpaired) electrons. The quantitative estimate of drug-likeness (QED) is 0.245. The van der Waals surface area contributed by atoms with E-state index in [4.69, 9.17) is 4.99 Å². The number of hydrogen-bond donors (Lipinski definition) is 0. The van der Waals surface area contributed by atoms with Crippen LogP contribution < -0.4 is 0 Å². The fourth-order valence-corrected chi connectivity index (χ4v) is 4.95. The van der Waals surface area contributed by atoms with E-state index in [9.17, 15) is 18.4 Å². The molecule has 0 amide bonds. The van der Waals surface area contributed by atoms with E-state index < -0.39 is 11.7 Å². The van der Waals surface area contributed by atoms with Gasteiger partial charge >= 0.3 is 6.18 Å². The minimum absolute atomic E-state index is 0.0204. The molecule has 0 aromatic heterocycles. The molecule has 2 aliphatic rings. The second kappa shape index (κ2) is 12.7. The van der Waals surface area contributed by atoms with Crippen LogP contribution in [0, 0.1) is 17.2 Å². The molecule has 1 aromatic rings. The van der Waals surface area contributed by atoms with Crippen LogP contribution >= 0.6 is 0 Å². The van der Waals surface area contributed by atoms with Gasteiger partial charge < -0.3 is 0 Å². The van der Waals surface area contributed by atoms with Gasteiger partial charge in [-0.2, -0.15) is 18.4 Å². The number of hydrogen-bond acceptors (Lipinski definition) is 3. The Morgan fingerprint density at radius 1 is 1.23 bits per heavy atom. The number of aliphatic imine (C=N–C) groups is 2. The Labute approximate surface area is 229 Å². The van der Waals surface area contributed by atoms with Gasteiger partial charge in [0.1, 0.15) is 0 Å². The number of halogens is 3. The summed E-state index contributed by atoms with van der Waals surface area (Å²) in [6.07, 6.45) is 8.95. The largest absolute Gasteiger partial charge is 0.412 e. The Balaban J connectivity index is 2.15. The lowest BCUT2D eigenvalue weighted by molar-refractivity contribution is -0.0913. The van der Waals surface area contributed by atoms with Crippen LogP contribution in [0.1, 0.15) is 58.6 Å². The molecule has 2 unspecified atom stereocenters. The maximum Gasteiger partial charge on any atom is 0.412 e. The lowest BCUT2D eigenvalue weighted by atomic mass is 9.76. The maximum atomic E-state index is 13.2. The first kappa shape index (κ1) is 29.6. The van der Waals surface area contributed by atoms with Crippen LogP contribution in [0.25, 0.3) is 5.57 Å². The van der Waals surface area contributed by atoms with Crippen LogP contribution in [0.15, 0.2) is 111 Å². The molecule has 6 heteroatoms. The Bertz CT molecular complexity index is 1400. The van der Waals surface area contributed by atoms with Gasteiger partial charge in [0.15, 0.2) is 0 Å². The Morgan fingerprint density at radius 2 is 1.92 bits per heavy atom. The average molecular weight is 530 g/mol. The molecule has 0 saturated carbocycles. The normalized spacial score (nSPS) is 19.7. The summed E-state index contributed by atoms with van der Waals surface area (Å²) in [4.78, 5) is 9.36. The zero-order valence-electron chi connectivity index (χ0n) is 23.1. The van der Waals surface area contributed by atoms with Gasteiger partial charge in [0, 0.05) is 35.2 Å². The molecule has 0 bridgehead atoms. The first-order chi connectivity index (χ1) is 18.5. The zero-order chi connectivity index (χ0) is 28.7. The van der Waals surface area contributed by atoms with Gasteiger partial charge in [0.25, 0.3) is 0 Å². The molecule has 2 atom stereocenters. The summed E-state index contributed by atoms with van der Waals surface area (Å²) in [7, 11) is 0. The van der Waals surface area contributed by atoms with Crippen LogP contribution in [0.5, 0.6) is 0 Å². The van der Waals surface area contributed by atoms with Crippen LogP contribution in [-0.4, -0.2) is 24.1 Å². The molecule has 39 heavy (non-hydrogen) atoms. The minimum atomic E-state index is -4.39. The average Bonchev–Trinajstić information content (AvgIpc) is 2.93. The van der Waals surface area contributed by atoms with Crippen molar-refractivity contribution in [1.29, 1.82) is 5.26 Å². The van der Waals surface area contributed by atoms with Crippen LogP contribution in [0.2, 0.25) is 0 Å². The molecule has 0 N–H and O–H groups in total. The molecular formula is C33H34F3N3. The second-order valence-electron chi connectivity index (χ2n) is 9.61. The SMILES string of the molecule is C=C/C(=C\C=C(/C)C(F)(F)F)C(C1=CCC2N=C(CC)C(c3ccc(C#N)cc3)=C(C)C2=C1)/C(C)=C/N=C\C. The van der Waals surface area contributed by atoms with Gasteiger partial charge in [-0.1, -0.05) is 56.0 Å². The number of fused-ring (bicyclic) bond motifs is 1.